The van der Waals surface area contributed by atoms with Gasteiger partial charge in [0, 0.05) is 17.5 Å². The molecule has 0 saturated heterocycles. The molecule has 0 unspecified atom stereocenters. The van der Waals surface area contributed by atoms with Crippen LogP contribution in [0.25, 0.3) is 10.8 Å². The van der Waals surface area contributed by atoms with Gasteiger partial charge in [-0.15, -0.1) is 0 Å². The summed E-state index contributed by atoms with van der Waals surface area (Å²) in [6, 6.07) is 19.9. The monoisotopic (exact) mass is 358 g/mol. The smallest absolute Gasteiger partial charge is 0.259 e. The molecule has 4 heteroatoms. The van der Waals surface area contributed by atoms with E-state index in [9.17, 15) is 9.59 Å². The summed E-state index contributed by atoms with van der Waals surface area (Å²) in [6.45, 7) is 2.74. The van der Waals surface area contributed by atoms with E-state index < -0.39 is 0 Å². The molecule has 4 nitrogen and oxygen atoms in total. The summed E-state index contributed by atoms with van der Waals surface area (Å²) in [4.78, 5) is 26.7. The third-order valence-corrected chi connectivity index (χ3v) is 5.00. The predicted molar refractivity (Wildman–Crippen MR) is 108 cm³/mol. The van der Waals surface area contributed by atoms with E-state index in [1.54, 1.807) is 4.90 Å². The molecule has 0 fully saturated rings. The summed E-state index contributed by atoms with van der Waals surface area (Å²) in [5.74, 6) is -0.228. The lowest BCUT2D eigenvalue weighted by atomic mass is 10.1. The van der Waals surface area contributed by atoms with Crippen molar-refractivity contribution < 1.29 is 9.59 Å². The van der Waals surface area contributed by atoms with Gasteiger partial charge in [0.25, 0.3) is 5.91 Å². The minimum atomic E-state index is -0.127. The molecule has 0 aromatic heterocycles. The van der Waals surface area contributed by atoms with Crippen LogP contribution in [-0.2, 0) is 11.2 Å². The lowest BCUT2D eigenvalue weighted by Gasteiger charge is -2.17. The fraction of sp³-hybridized carbons (Fsp3) is 0.217. The van der Waals surface area contributed by atoms with Crippen LogP contribution in [0, 0.1) is 6.92 Å². The Hall–Kier alpha value is -3.14. The van der Waals surface area contributed by atoms with Crippen LogP contribution >= 0.6 is 0 Å². The van der Waals surface area contributed by atoms with Crippen LogP contribution in [0.1, 0.15) is 27.9 Å². The Morgan fingerprint density at radius 1 is 1.04 bits per heavy atom. The number of anilines is 1. The van der Waals surface area contributed by atoms with E-state index in [2.05, 4.69) is 36.5 Å². The molecule has 4 rings (SSSR count). The van der Waals surface area contributed by atoms with Gasteiger partial charge < -0.3 is 5.32 Å². The SMILES string of the molecule is Cc1cccc(CCCNC(=O)CN2C(=O)c3cccc4cccc2c34)c1. The van der Waals surface area contributed by atoms with Gasteiger partial charge in [0.15, 0.2) is 0 Å². The molecule has 0 radical (unpaired) electrons. The van der Waals surface area contributed by atoms with Gasteiger partial charge in [-0.05, 0) is 42.8 Å². The predicted octanol–water partition coefficient (Wildman–Crippen LogP) is 3.86. The number of rotatable bonds is 6. The Balaban J connectivity index is 1.35. The number of nitrogens with zero attached hydrogens (tertiary/aromatic N) is 1. The average Bonchev–Trinajstić information content (AvgIpc) is 2.93. The molecule has 3 aromatic carbocycles. The van der Waals surface area contributed by atoms with Gasteiger partial charge in [0.05, 0.1) is 5.69 Å². The van der Waals surface area contributed by atoms with E-state index in [-0.39, 0.29) is 18.4 Å². The Labute approximate surface area is 158 Å². The van der Waals surface area contributed by atoms with Gasteiger partial charge >= 0.3 is 0 Å². The van der Waals surface area contributed by atoms with Crippen molar-refractivity contribution in [3.63, 3.8) is 0 Å². The number of aryl methyl sites for hydroxylation is 2. The highest BCUT2D eigenvalue weighted by molar-refractivity contribution is 6.26. The van der Waals surface area contributed by atoms with E-state index in [1.165, 1.54) is 11.1 Å². The number of hydrogen-bond donors (Lipinski definition) is 1. The molecule has 0 spiro atoms. The number of carbonyl (C=O) groups is 2. The third-order valence-electron chi connectivity index (χ3n) is 5.00. The van der Waals surface area contributed by atoms with E-state index in [0.29, 0.717) is 12.1 Å². The lowest BCUT2D eigenvalue weighted by molar-refractivity contribution is -0.119. The van der Waals surface area contributed by atoms with Gasteiger partial charge in [-0.1, -0.05) is 54.1 Å². The summed E-state index contributed by atoms with van der Waals surface area (Å²) in [6.07, 6.45) is 1.80. The summed E-state index contributed by atoms with van der Waals surface area (Å²) >= 11 is 0. The molecular weight excluding hydrogens is 336 g/mol. The molecular formula is C23H22N2O2. The van der Waals surface area contributed by atoms with Crippen LogP contribution in [-0.4, -0.2) is 24.9 Å². The highest BCUT2D eigenvalue weighted by Gasteiger charge is 2.30. The zero-order valence-corrected chi connectivity index (χ0v) is 15.4. The van der Waals surface area contributed by atoms with Crippen molar-refractivity contribution in [3.05, 3.63) is 77.4 Å². The lowest BCUT2D eigenvalue weighted by Crippen LogP contribution is -2.39. The molecule has 1 aliphatic heterocycles. The topological polar surface area (TPSA) is 49.4 Å². The summed E-state index contributed by atoms with van der Waals surface area (Å²) in [5.41, 5.74) is 4.03. The first kappa shape index (κ1) is 17.3. The largest absolute Gasteiger partial charge is 0.355 e. The summed E-state index contributed by atoms with van der Waals surface area (Å²) < 4.78 is 0. The quantitative estimate of drug-likeness (QED) is 0.680. The molecule has 136 valence electrons. The number of benzene rings is 3. The Morgan fingerprint density at radius 2 is 1.81 bits per heavy atom. The van der Waals surface area contributed by atoms with Crippen molar-refractivity contribution in [2.75, 3.05) is 18.0 Å². The molecule has 1 heterocycles. The maximum atomic E-state index is 12.7. The third kappa shape index (κ3) is 3.43. The summed E-state index contributed by atoms with van der Waals surface area (Å²) in [7, 11) is 0. The normalized spacial score (nSPS) is 12.6. The second-order valence-electron chi connectivity index (χ2n) is 7.01. The maximum Gasteiger partial charge on any atom is 0.259 e. The van der Waals surface area contributed by atoms with E-state index >= 15 is 0 Å². The standard InChI is InChI=1S/C23H22N2O2/c1-16-6-2-7-17(14-16)8-5-13-24-21(26)15-25-20-12-4-10-18-9-3-11-19(22(18)20)23(25)27/h2-4,6-7,9-12,14H,5,8,13,15H2,1H3,(H,24,26). The number of amides is 2. The van der Waals surface area contributed by atoms with Crippen molar-refractivity contribution >= 4 is 28.3 Å². The van der Waals surface area contributed by atoms with Crippen LogP contribution < -0.4 is 10.2 Å². The Bertz CT molecular complexity index is 1020. The number of carbonyl (C=O) groups excluding carboxylic acids is 2. The van der Waals surface area contributed by atoms with Crippen molar-refractivity contribution in [1.82, 2.24) is 5.32 Å². The van der Waals surface area contributed by atoms with Crippen LogP contribution in [0.3, 0.4) is 0 Å². The number of hydrogen-bond acceptors (Lipinski definition) is 2. The molecule has 0 bridgehead atoms. The second-order valence-corrected chi connectivity index (χ2v) is 7.01. The van der Waals surface area contributed by atoms with Crippen molar-refractivity contribution in [2.24, 2.45) is 0 Å². The Morgan fingerprint density at radius 3 is 2.63 bits per heavy atom. The van der Waals surface area contributed by atoms with Crippen molar-refractivity contribution in [2.45, 2.75) is 19.8 Å². The first-order chi connectivity index (χ1) is 13.1. The number of nitrogens with one attached hydrogen (secondary N) is 1. The second kappa shape index (κ2) is 7.23. The van der Waals surface area contributed by atoms with Crippen molar-refractivity contribution in [1.29, 1.82) is 0 Å². The fourth-order valence-corrected chi connectivity index (χ4v) is 3.72. The van der Waals surface area contributed by atoms with Crippen LogP contribution in [0.4, 0.5) is 5.69 Å². The first-order valence-electron chi connectivity index (χ1n) is 9.29. The average molecular weight is 358 g/mol. The van der Waals surface area contributed by atoms with E-state index in [0.717, 1.165) is 29.3 Å². The fourth-order valence-electron chi connectivity index (χ4n) is 3.72. The van der Waals surface area contributed by atoms with E-state index in [1.807, 2.05) is 36.4 Å². The maximum absolute atomic E-state index is 12.7. The van der Waals surface area contributed by atoms with E-state index in [4.69, 9.17) is 0 Å². The van der Waals surface area contributed by atoms with Gasteiger partial charge in [-0.25, -0.2) is 0 Å². The molecule has 27 heavy (non-hydrogen) atoms. The molecule has 3 aromatic rings. The van der Waals surface area contributed by atoms with Gasteiger partial charge in [0.2, 0.25) is 5.91 Å². The molecule has 2 amide bonds. The van der Waals surface area contributed by atoms with Gasteiger partial charge in [-0.3, -0.25) is 14.5 Å². The highest BCUT2D eigenvalue weighted by atomic mass is 16.2. The van der Waals surface area contributed by atoms with Crippen molar-refractivity contribution in [3.8, 4) is 0 Å². The molecule has 1 aliphatic rings. The van der Waals surface area contributed by atoms with Crippen LogP contribution in [0.15, 0.2) is 60.7 Å². The molecule has 0 saturated carbocycles. The molecule has 0 atom stereocenters. The van der Waals surface area contributed by atoms with Gasteiger partial charge in [-0.2, -0.15) is 0 Å². The molecule has 1 N–H and O–H groups in total. The van der Waals surface area contributed by atoms with Gasteiger partial charge in [0.1, 0.15) is 6.54 Å². The zero-order chi connectivity index (χ0) is 18.8. The minimum Gasteiger partial charge on any atom is -0.355 e. The Kier molecular flexibility index (Phi) is 4.63. The summed E-state index contributed by atoms with van der Waals surface area (Å²) in [5, 5.41) is 4.91. The minimum absolute atomic E-state index is 0.0527. The van der Waals surface area contributed by atoms with Crippen LogP contribution in [0.5, 0.6) is 0 Å². The first-order valence-corrected chi connectivity index (χ1v) is 9.29. The van der Waals surface area contributed by atoms with Crippen LogP contribution in [0.2, 0.25) is 0 Å². The molecule has 0 aliphatic carbocycles. The highest BCUT2D eigenvalue weighted by Crippen LogP contribution is 2.36. The zero-order valence-electron chi connectivity index (χ0n) is 15.4.